The van der Waals surface area contributed by atoms with Crippen LogP contribution in [0.2, 0.25) is 0 Å². The number of sulfonamides is 1. The SMILES string of the molecule is CNCCn1cc(S(=O)(=O)NCc2cccc(Br)c2)cn1. The monoisotopic (exact) mass is 372 g/mol. The number of likely N-dealkylation sites (N-methyl/N-ethyl adjacent to an activating group) is 1. The number of hydrogen-bond donors (Lipinski definition) is 2. The topological polar surface area (TPSA) is 76.0 Å². The minimum absolute atomic E-state index is 0.175. The lowest BCUT2D eigenvalue weighted by Crippen LogP contribution is -2.23. The summed E-state index contributed by atoms with van der Waals surface area (Å²) in [5, 5.41) is 7.02. The molecule has 0 aliphatic rings. The van der Waals surface area contributed by atoms with Crippen LogP contribution in [0.25, 0.3) is 0 Å². The highest BCUT2D eigenvalue weighted by Gasteiger charge is 2.16. The number of benzene rings is 1. The lowest BCUT2D eigenvalue weighted by Gasteiger charge is -2.05. The number of aromatic nitrogens is 2. The molecule has 2 aromatic rings. The van der Waals surface area contributed by atoms with Crippen LogP contribution in [-0.4, -0.2) is 31.8 Å². The predicted octanol–water partition coefficient (Wildman–Crippen LogP) is 1.34. The molecular formula is C13H17BrN4O2S. The van der Waals surface area contributed by atoms with Gasteiger partial charge in [-0.3, -0.25) is 4.68 Å². The summed E-state index contributed by atoms with van der Waals surface area (Å²) in [6.07, 6.45) is 2.89. The van der Waals surface area contributed by atoms with Gasteiger partial charge in [-0.2, -0.15) is 5.10 Å². The Bertz CT molecular complexity index is 700. The van der Waals surface area contributed by atoms with Crippen LogP contribution in [0.4, 0.5) is 0 Å². The molecule has 0 bridgehead atoms. The van der Waals surface area contributed by atoms with Crippen molar-refractivity contribution in [3.63, 3.8) is 0 Å². The van der Waals surface area contributed by atoms with Crippen LogP contribution >= 0.6 is 15.9 Å². The maximum atomic E-state index is 12.2. The van der Waals surface area contributed by atoms with Crippen molar-refractivity contribution in [3.05, 3.63) is 46.7 Å². The Kier molecular flexibility index (Phi) is 5.51. The standard InChI is InChI=1S/C13H17BrN4O2S/c1-15-5-6-18-10-13(9-16-18)21(19,20)17-8-11-3-2-4-12(14)7-11/h2-4,7,9-10,15,17H,5-6,8H2,1H3. The fourth-order valence-electron chi connectivity index (χ4n) is 1.74. The molecular weight excluding hydrogens is 356 g/mol. The largest absolute Gasteiger partial charge is 0.318 e. The molecule has 6 nitrogen and oxygen atoms in total. The van der Waals surface area contributed by atoms with Crippen LogP contribution in [0, 0.1) is 0 Å². The summed E-state index contributed by atoms with van der Waals surface area (Å²) >= 11 is 3.36. The zero-order chi connectivity index (χ0) is 15.3. The molecule has 0 amide bonds. The smallest absolute Gasteiger partial charge is 0.243 e. The first-order chi connectivity index (χ1) is 10.0. The first-order valence-electron chi connectivity index (χ1n) is 6.42. The van der Waals surface area contributed by atoms with Crippen LogP contribution in [0.1, 0.15) is 5.56 Å². The van der Waals surface area contributed by atoms with Crippen molar-refractivity contribution in [3.8, 4) is 0 Å². The molecule has 114 valence electrons. The summed E-state index contributed by atoms with van der Waals surface area (Å²) in [4.78, 5) is 0.175. The molecule has 1 aromatic carbocycles. The summed E-state index contributed by atoms with van der Waals surface area (Å²) in [6, 6.07) is 7.50. The van der Waals surface area contributed by atoms with Gasteiger partial charge >= 0.3 is 0 Å². The van der Waals surface area contributed by atoms with E-state index >= 15 is 0 Å². The summed E-state index contributed by atoms with van der Waals surface area (Å²) in [5.74, 6) is 0. The first-order valence-corrected chi connectivity index (χ1v) is 8.70. The Morgan fingerprint density at radius 1 is 1.38 bits per heavy atom. The maximum absolute atomic E-state index is 12.2. The number of nitrogens with one attached hydrogen (secondary N) is 2. The van der Waals surface area contributed by atoms with Crippen LogP contribution in [0.3, 0.4) is 0 Å². The Labute approximate surface area is 132 Å². The fraction of sp³-hybridized carbons (Fsp3) is 0.308. The van der Waals surface area contributed by atoms with Gasteiger partial charge in [0.15, 0.2) is 0 Å². The van der Waals surface area contributed by atoms with E-state index in [1.807, 2.05) is 31.3 Å². The minimum Gasteiger partial charge on any atom is -0.318 e. The summed E-state index contributed by atoms with van der Waals surface area (Å²) in [7, 11) is -1.71. The van der Waals surface area contributed by atoms with E-state index in [1.165, 1.54) is 12.4 Å². The predicted molar refractivity (Wildman–Crippen MR) is 84.3 cm³/mol. The molecule has 1 aromatic heterocycles. The molecule has 0 saturated carbocycles. The van der Waals surface area contributed by atoms with Crippen molar-refractivity contribution in [1.29, 1.82) is 0 Å². The van der Waals surface area contributed by atoms with Gasteiger partial charge in [-0.1, -0.05) is 28.1 Å². The van der Waals surface area contributed by atoms with E-state index in [1.54, 1.807) is 4.68 Å². The Morgan fingerprint density at radius 2 is 2.19 bits per heavy atom. The van der Waals surface area contributed by atoms with Gasteiger partial charge in [-0.05, 0) is 24.7 Å². The molecule has 0 spiro atoms. The molecule has 2 N–H and O–H groups in total. The molecule has 0 aliphatic carbocycles. The summed E-state index contributed by atoms with van der Waals surface area (Å²) in [6.45, 7) is 1.59. The van der Waals surface area contributed by atoms with Crippen LogP contribution in [-0.2, 0) is 23.1 Å². The second kappa shape index (κ2) is 7.17. The maximum Gasteiger partial charge on any atom is 0.243 e. The molecule has 2 rings (SSSR count). The van der Waals surface area contributed by atoms with E-state index in [9.17, 15) is 8.42 Å². The van der Waals surface area contributed by atoms with Gasteiger partial charge in [0.05, 0.1) is 12.7 Å². The van der Waals surface area contributed by atoms with Crippen molar-refractivity contribution in [1.82, 2.24) is 19.8 Å². The fourth-order valence-corrected chi connectivity index (χ4v) is 3.16. The van der Waals surface area contributed by atoms with Crippen LogP contribution < -0.4 is 10.0 Å². The number of hydrogen-bond acceptors (Lipinski definition) is 4. The van der Waals surface area contributed by atoms with Gasteiger partial charge in [0.2, 0.25) is 10.0 Å². The molecule has 21 heavy (non-hydrogen) atoms. The van der Waals surface area contributed by atoms with Crippen molar-refractivity contribution in [2.24, 2.45) is 0 Å². The zero-order valence-electron chi connectivity index (χ0n) is 11.6. The summed E-state index contributed by atoms with van der Waals surface area (Å²) < 4.78 is 29.5. The third-order valence-corrected chi connectivity index (χ3v) is 4.72. The van der Waals surface area contributed by atoms with E-state index in [0.29, 0.717) is 6.54 Å². The van der Waals surface area contributed by atoms with E-state index in [2.05, 4.69) is 31.1 Å². The lowest BCUT2D eigenvalue weighted by atomic mass is 10.2. The van der Waals surface area contributed by atoms with Crippen molar-refractivity contribution in [2.45, 2.75) is 18.0 Å². The average molecular weight is 373 g/mol. The third-order valence-electron chi connectivity index (χ3n) is 2.87. The molecule has 0 radical (unpaired) electrons. The molecule has 1 heterocycles. The second-order valence-corrected chi connectivity index (χ2v) is 7.18. The number of halogens is 1. The molecule has 0 atom stereocenters. The van der Waals surface area contributed by atoms with Gasteiger partial charge in [-0.15, -0.1) is 0 Å². The van der Waals surface area contributed by atoms with E-state index < -0.39 is 10.0 Å². The van der Waals surface area contributed by atoms with Gasteiger partial charge in [0, 0.05) is 23.8 Å². The average Bonchev–Trinajstić information content (AvgIpc) is 2.93. The van der Waals surface area contributed by atoms with Gasteiger partial charge in [-0.25, -0.2) is 13.1 Å². The molecule has 0 unspecified atom stereocenters. The quantitative estimate of drug-likeness (QED) is 0.768. The Balaban J connectivity index is 2.02. The van der Waals surface area contributed by atoms with E-state index in [0.717, 1.165) is 16.6 Å². The lowest BCUT2D eigenvalue weighted by molar-refractivity contribution is 0.576. The Hall–Kier alpha value is -1.22. The minimum atomic E-state index is -3.54. The van der Waals surface area contributed by atoms with Crippen molar-refractivity contribution in [2.75, 3.05) is 13.6 Å². The van der Waals surface area contributed by atoms with Gasteiger partial charge in [0.25, 0.3) is 0 Å². The molecule has 0 fully saturated rings. The van der Waals surface area contributed by atoms with Gasteiger partial charge < -0.3 is 5.32 Å². The second-order valence-electron chi connectivity index (χ2n) is 4.50. The van der Waals surface area contributed by atoms with Crippen molar-refractivity contribution >= 4 is 26.0 Å². The molecule has 0 saturated heterocycles. The first kappa shape index (κ1) is 16.2. The van der Waals surface area contributed by atoms with Crippen LogP contribution in [0.15, 0.2) is 46.0 Å². The molecule has 8 heteroatoms. The summed E-state index contributed by atoms with van der Waals surface area (Å²) in [5.41, 5.74) is 0.885. The number of rotatable bonds is 7. The van der Waals surface area contributed by atoms with E-state index in [-0.39, 0.29) is 11.4 Å². The van der Waals surface area contributed by atoms with Gasteiger partial charge in [0.1, 0.15) is 4.90 Å². The Morgan fingerprint density at radius 3 is 2.90 bits per heavy atom. The molecule has 0 aliphatic heterocycles. The highest BCUT2D eigenvalue weighted by atomic mass is 79.9. The van der Waals surface area contributed by atoms with Crippen LogP contribution in [0.5, 0.6) is 0 Å². The highest BCUT2D eigenvalue weighted by molar-refractivity contribution is 9.10. The normalized spacial score (nSPS) is 11.7. The van der Waals surface area contributed by atoms with Crippen molar-refractivity contribution < 1.29 is 8.42 Å². The highest BCUT2D eigenvalue weighted by Crippen LogP contribution is 2.13. The third kappa shape index (κ3) is 4.63. The van der Waals surface area contributed by atoms with E-state index in [4.69, 9.17) is 0 Å². The zero-order valence-corrected chi connectivity index (χ0v) is 14.0. The number of nitrogens with zero attached hydrogens (tertiary/aromatic N) is 2.